The van der Waals surface area contributed by atoms with Crippen molar-refractivity contribution in [1.29, 1.82) is 0 Å². The molecule has 21 heavy (non-hydrogen) atoms. The number of anilines is 1. The monoisotopic (exact) mass is 287 g/mol. The summed E-state index contributed by atoms with van der Waals surface area (Å²) in [6, 6.07) is 3.41. The summed E-state index contributed by atoms with van der Waals surface area (Å²) in [7, 11) is 0. The summed E-state index contributed by atoms with van der Waals surface area (Å²) in [5.41, 5.74) is 0.555. The first kappa shape index (κ1) is 13.7. The molecule has 6 nitrogen and oxygen atoms in total. The molecule has 1 aliphatic heterocycles. The van der Waals surface area contributed by atoms with Crippen LogP contribution in [0.15, 0.2) is 24.5 Å². The normalized spacial score (nSPS) is 24.9. The summed E-state index contributed by atoms with van der Waals surface area (Å²) in [6.07, 6.45) is 6.61. The highest BCUT2D eigenvalue weighted by Crippen LogP contribution is 2.37. The van der Waals surface area contributed by atoms with E-state index in [2.05, 4.69) is 10.3 Å². The molecule has 0 radical (unpaired) electrons. The fourth-order valence-electron chi connectivity index (χ4n) is 3.17. The Morgan fingerprint density at radius 1 is 1.24 bits per heavy atom. The van der Waals surface area contributed by atoms with E-state index in [0.29, 0.717) is 5.69 Å². The van der Waals surface area contributed by atoms with Crippen molar-refractivity contribution in [1.82, 2.24) is 9.88 Å². The Hall–Kier alpha value is -2.24. The molecule has 1 aliphatic carbocycles. The van der Waals surface area contributed by atoms with E-state index in [0.717, 1.165) is 30.6 Å². The second-order valence-corrected chi connectivity index (χ2v) is 5.55. The SMILES string of the molecule is O=C(CN1C(=O)C2CCCCC2C1=O)Nc1cccnc1. The van der Waals surface area contributed by atoms with Crippen LogP contribution < -0.4 is 5.32 Å². The Morgan fingerprint density at radius 2 is 1.90 bits per heavy atom. The number of carbonyl (C=O) groups is 3. The summed E-state index contributed by atoms with van der Waals surface area (Å²) in [4.78, 5) is 41.5. The average Bonchev–Trinajstić information content (AvgIpc) is 2.74. The van der Waals surface area contributed by atoms with Gasteiger partial charge in [-0.3, -0.25) is 24.3 Å². The predicted octanol–water partition coefficient (Wildman–Crippen LogP) is 1.20. The van der Waals surface area contributed by atoms with Gasteiger partial charge in [0, 0.05) is 6.20 Å². The van der Waals surface area contributed by atoms with Gasteiger partial charge in [0.1, 0.15) is 6.54 Å². The standard InChI is InChI=1S/C15H17N3O3/c19-13(17-10-4-3-7-16-8-10)9-18-14(20)11-5-1-2-6-12(11)15(18)21/h3-4,7-8,11-12H,1-2,5-6,9H2,(H,17,19). The van der Waals surface area contributed by atoms with Gasteiger partial charge in [-0.2, -0.15) is 0 Å². The van der Waals surface area contributed by atoms with Gasteiger partial charge in [0.05, 0.1) is 23.7 Å². The molecule has 1 aromatic heterocycles. The number of hydrogen-bond acceptors (Lipinski definition) is 4. The van der Waals surface area contributed by atoms with Gasteiger partial charge in [-0.15, -0.1) is 0 Å². The molecule has 0 spiro atoms. The molecule has 0 aromatic carbocycles. The summed E-state index contributed by atoms with van der Waals surface area (Å²) >= 11 is 0. The van der Waals surface area contributed by atoms with Crippen molar-refractivity contribution in [2.24, 2.45) is 11.8 Å². The molecule has 110 valence electrons. The molecule has 2 aliphatic rings. The molecule has 3 amide bonds. The van der Waals surface area contributed by atoms with Crippen molar-refractivity contribution in [3.63, 3.8) is 0 Å². The maximum absolute atomic E-state index is 12.3. The molecule has 1 saturated heterocycles. The van der Waals surface area contributed by atoms with Gasteiger partial charge in [0.25, 0.3) is 0 Å². The van der Waals surface area contributed by atoms with Crippen LogP contribution in [0.25, 0.3) is 0 Å². The van der Waals surface area contributed by atoms with Crippen molar-refractivity contribution < 1.29 is 14.4 Å². The fraction of sp³-hybridized carbons (Fsp3) is 0.467. The lowest BCUT2D eigenvalue weighted by Gasteiger charge is -2.19. The van der Waals surface area contributed by atoms with Crippen LogP contribution >= 0.6 is 0 Å². The number of fused-ring (bicyclic) bond motifs is 1. The van der Waals surface area contributed by atoms with Gasteiger partial charge in [0.15, 0.2) is 0 Å². The van der Waals surface area contributed by atoms with Crippen LogP contribution in [0.2, 0.25) is 0 Å². The quantitative estimate of drug-likeness (QED) is 0.847. The molecule has 2 unspecified atom stereocenters. The van der Waals surface area contributed by atoms with E-state index in [-0.39, 0.29) is 36.1 Å². The summed E-state index contributed by atoms with van der Waals surface area (Å²) < 4.78 is 0. The highest BCUT2D eigenvalue weighted by atomic mass is 16.2. The van der Waals surface area contributed by atoms with Crippen molar-refractivity contribution in [3.05, 3.63) is 24.5 Å². The summed E-state index contributed by atoms with van der Waals surface area (Å²) in [6.45, 7) is -0.209. The zero-order valence-corrected chi connectivity index (χ0v) is 11.6. The maximum atomic E-state index is 12.3. The Kier molecular flexibility index (Phi) is 3.68. The number of aromatic nitrogens is 1. The van der Waals surface area contributed by atoms with Crippen molar-refractivity contribution >= 4 is 23.4 Å². The molecule has 1 aromatic rings. The molecule has 0 bridgehead atoms. The molecule has 1 N–H and O–H groups in total. The topological polar surface area (TPSA) is 79.4 Å². The Bertz CT molecular complexity index is 549. The molecule has 1 saturated carbocycles. The van der Waals surface area contributed by atoms with Crippen LogP contribution in [0.1, 0.15) is 25.7 Å². The van der Waals surface area contributed by atoms with Gasteiger partial charge in [-0.25, -0.2) is 0 Å². The van der Waals surface area contributed by atoms with Crippen molar-refractivity contribution in [3.8, 4) is 0 Å². The number of rotatable bonds is 3. The molecular weight excluding hydrogens is 270 g/mol. The molecule has 2 heterocycles. The number of nitrogens with zero attached hydrogens (tertiary/aromatic N) is 2. The van der Waals surface area contributed by atoms with Crippen LogP contribution in [-0.4, -0.2) is 34.2 Å². The van der Waals surface area contributed by atoms with E-state index in [1.807, 2.05) is 0 Å². The van der Waals surface area contributed by atoms with Crippen LogP contribution in [-0.2, 0) is 14.4 Å². The Morgan fingerprint density at radius 3 is 2.48 bits per heavy atom. The first-order chi connectivity index (χ1) is 10.2. The number of nitrogens with one attached hydrogen (secondary N) is 1. The minimum Gasteiger partial charge on any atom is -0.323 e. The van der Waals surface area contributed by atoms with Gasteiger partial charge < -0.3 is 5.32 Å². The second-order valence-electron chi connectivity index (χ2n) is 5.55. The smallest absolute Gasteiger partial charge is 0.244 e. The zero-order valence-electron chi connectivity index (χ0n) is 11.6. The van der Waals surface area contributed by atoms with Crippen molar-refractivity contribution in [2.75, 3.05) is 11.9 Å². The number of amides is 3. The largest absolute Gasteiger partial charge is 0.323 e. The Balaban J connectivity index is 1.66. The van der Waals surface area contributed by atoms with E-state index in [9.17, 15) is 14.4 Å². The average molecular weight is 287 g/mol. The minimum absolute atomic E-state index is 0.189. The van der Waals surface area contributed by atoms with Crippen LogP contribution in [0.5, 0.6) is 0 Å². The minimum atomic E-state index is -0.372. The number of hydrogen-bond donors (Lipinski definition) is 1. The molecular formula is C15H17N3O3. The first-order valence-electron chi connectivity index (χ1n) is 7.22. The van der Waals surface area contributed by atoms with E-state index in [4.69, 9.17) is 0 Å². The van der Waals surface area contributed by atoms with E-state index in [1.165, 1.54) is 6.20 Å². The maximum Gasteiger partial charge on any atom is 0.244 e. The lowest BCUT2D eigenvalue weighted by Crippen LogP contribution is -2.38. The van der Waals surface area contributed by atoms with E-state index < -0.39 is 0 Å². The van der Waals surface area contributed by atoms with E-state index >= 15 is 0 Å². The Labute approximate surface area is 122 Å². The number of imide groups is 1. The number of carbonyl (C=O) groups excluding carboxylic acids is 3. The molecule has 2 atom stereocenters. The highest BCUT2D eigenvalue weighted by molar-refractivity contribution is 6.08. The third kappa shape index (κ3) is 2.66. The van der Waals surface area contributed by atoms with Crippen LogP contribution in [0.4, 0.5) is 5.69 Å². The molecule has 2 fully saturated rings. The van der Waals surface area contributed by atoms with Gasteiger partial charge in [-0.1, -0.05) is 12.8 Å². The predicted molar refractivity (Wildman–Crippen MR) is 75.0 cm³/mol. The van der Waals surface area contributed by atoms with Gasteiger partial charge in [-0.05, 0) is 25.0 Å². The van der Waals surface area contributed by atoms with Crippen LogP contribution in [0, 0.1) is 11.8 Å². The third-order valence-corrected chi connectivity index (χ3v) is 4.18. The van der Waals surface area contributed by atoms with Crippen molar-refractivity contribution in [2.45, 2.75) is 25.7 Å². The number of likely N-dealkylation sites (tertiary alicyclic amines) is 1. The van der Waals surface area contributed by atoms with Gasteiger partial charge >= 0.3 is 0 Å². The fourth-order valence-corrected chi connectivity index (χ4v) is 3.17. The van der Waals surface area contributed by atoms with E-state index in [1.54, 1.807) is 18.3 Å². The second kappa shape index (κ2) is 5.63. The lowest BCUT2D eigenvalue weighted by atomic mass is 9.81. The van der Waals surface area contributed by atoms with Crippen LogP contribution in [0.3, 0.4) is 0 Å². The zero-order chi connectivity index (χ0) is 14.8. The molecule has 6 heteroatoms. The van der Waals surface area contributed by atoms with Gasteiger partial charge in [0.2, 0.25) is 17.7 Å². The third-order valence-electron chi connectivity index (χ3n) is 4.18. The summed E-state index contributed by atoms with van der Waals surface area (Å²) in [5, 5.41) is 2.64. The number of pyridine rings is 1. The highest BCUT2D eigenvalue weighted by Gasteiger charge is 2.48. The summed E-state index contributed by atoms with van der Waals surface area (Å²) in [5.74, 6) is -1.17. The first-order valence-corrected chi connectivity index (χ1v) is 7.22. The lowest BCUT2D eigenvalue weighted by molar-refractivity contribution is -0.142. The molecule has 3 rings (SSSR count).